The van der Waals surface area contributed by atoms with Gasteiger partial charge in [-0.2, -0.15) is 18.3 Å². The number of carbonyl (C=O) groups excluding carboxylic acids is 1. The fourth-order valence-electron chi connectivity index (χ4n) is 2.42. The van der Waals surface area contributed by atoms with E-state index in [0.717, 1.165) is 17.8 Å². The number of carbonyl (C=O) groups is 1. The smallest absolute Gasteiger partial charge is 0.337 e. The maximum atomic E-state index is 12.5. The lowest BCUT2D eigenvalue weighted by Crippen LogP contribution is -2.27. The molecule has 124 valence electrons. The Labute approximate surface area is 132 Å². The number of rotatable bonds is 3. The van der Waals surface area contributed by atoms with E-state index in [2.05, 4.69) is 5.10 Å². The summed E-state index contributed by atoms with van der Waals surface area (Å²) >= 11 is 0. The van der Waals surface area contributed by atoms with Gasteiger partial charge in [0.05, 0.1) is 16.8 Å². The molecule has 1 amide bonds. The number of amides is 1. The van der Waals surface area contributed by atoms with Crippen LogP contribution >= 0.6 is 0 Å². The molecular weight excluding hydrogens is 307 g/mol. The summed E-state index contributed by atoms with van der Waals surface area (Å²) in [6.45, 7) is 3.79. The first-order valence-electron chi connectivity index (χ1n) is 7.03. The molecule has 0 aliphatic rings. The van der Waals surface area contributed by atoms with Crippen molar-refractivity contribution in [1.82, 2.24) is 14.7 Å². The van der Waals surface area contributed by atoms with Crippen molar-refractivity contribution in [2.24, 2.45) is 7.05 Å². The lowest BCUT2D eigenvalue weighted by atomic mass is 10.1. The van der Waals surface area contributed by atoms with Crippen LogP contribution in [-0.2, 0) is 19.8 Å². The first-order valence-corrected chi connectivity index (χ1v) is 7.03. The van der Waals surface area contributed by atoms with Gasteiger partial charge < -0.3 is 4.90 Å². The van der Waals surface area contributed by atoms with Crippen LogP contribution in [0.5, 0.6) is 0 Å². The van der Waals surface area contributed by atoms with Crippen LogP contribution in [0.15, 0.2) is 24.3 Å². The van der Waals surface area contributed by atoms with Gasteiger partial charge in [0.15, 0.2) is 0 Å². The molecular formula is C16H18F3N3O. The van der Waals surface area contributed by atoms with Crippen LogP contribution in [0, 0.1) is 13.8 Å². The Morgan fingerprint density at radius 3 is 2.22 bits per heavy atom. The summed E-state index contributed by atoms with van der Waals surface area (Å²) in [5.41, 5.74) is 1.85. The summed E-state index contributed by atoms with van der Waals surface area (Å²) in [4.78, 5) is 14.0. The molecule has 2 aromatic rings. The molecule has 0 N–H and O–H groups in total. The molecule has 0 unspecified atom stereocenters. The third kappa shape index (κ3) is 3.55. The molecule has 0 fully saturated rings. The zero-order valence-electron chi connectivity index (χ0n) is 13.4. The molecule has 1 aromatic carbocycles. The van der Waals surface area contributed by atoms with E-state index >= 15 is 0 Å². The zero-order valence-corrected chi connectivity index (χ0v) is 13.4. The second-order valence-electron chi connectivity index (χ2n) is 5.53. The highest BCUT2D eigenvalue weighted by atomic mass is 19.4. The fourth-order valence-corrected chi connectivity index (χ4v) is 2.42. The van der Waals surface area contributed by atoms with Crippen molar-refractivity contribution < 1.29 is 18.0 Å². The molecule has 0 spiro atoms. The molecule has 1 heterocycles. The molecule has 2 rings (SSSR count). The number of halogens is 3. The van der Waals surface area contributed by atoms with E-state index in [-0.39, 0.29) is 12.5 Å². The maximum absolute atomic E-state index is 12.5. The van der Waals surface area contributed by atoms with Crippen LogP contribution in [0.25, 0.3) is 0 Å². The average Bonchev–Trinajstić information content (AvgIpc) is 2.71. The molecule has 0 saturated carbocycles. The molecule has 0 aliphatic heterocycles. The third-order valence-corrected chi connectivity index (χ3v) is 3.77. The van der Waals surface area contributed by atoms with E-state index in [0.29, 0.717) is 16.8 Å². The molecule has 0 aliphatic carbocycles. The van der Waals surface area contributed by atoms with Gasteiger partial charge >= 0.3 is 6.18 Å². The van der Waals surface area contributed by atoms with Crippen LogP contribution in [0.4, 0.5) is 13.2 Å². The number of hydrogen-bond donors (Lipinski definition) is 0. The SMILES string of the molecule is Cc1nn(C)c(C)c1C(=O)N(C)Cc1ccc(C(F)(F)F)cc1. The Balaban J connectivity index is 2.15. The van der Waals surface area contributed by atoms with Gasteiger partial charge in [-0.15, -0.1) is 0 Å². The van der Waals surface area contributed by atoms with E-state index in [1.54, 1.807) is 32.6 Å². The van der Waals surface area contributed by atoms with Gasteiger partial charge in [0, 0.05) is 26.3 Å². The van der Waals surface area contributed by atoms with E-state index in [1.807, 2.05) is 0 Å². The van der Waals surface area contributed by atoms with Crippen LogP contribution in [0.1, 0.15) is 32.9 Å². The van der Waals surface area contributed by atoms with E-state index in [1.165, 1.54) is 17.0 Å². The van der Waals surface area contributed by atoms with Gasteiger partial charge in [-0.05, 0) is 31.5 Å². The standard InChI is InChI=1S/C16H18F3N3O/c1-10-14(11(2)22(4)20-10)15(23)21(3)9-12-5-7-13(8-6-12)16(17,18)19/h5-8H,9H2,1-4H3. The minimum absolute atomic E-state index is 0.201. The molecule has 7 heteroatoms. The number of hydrogen-bond acceptors (Lipinski definition) is 2. The lowest BCUT2D eigenvalue weighted by Gasteiger charge is -2.18. The van der Waals surface area contributed by atoms with Gasteiger partial charge in [-0.25, -0.2) is 0 Å². The third-order valence-electron chi connectivity index (χ3n) is 3.77. The number of nitrogens with zero attached hydrogens (tertiary/aromatic N) is 3. The Kier molecular flexibility index (Phi) is 4.49. The van der Waals surface area contributed by atoms with Gasteiger partial charge in [0.2, 0.25) is 0 Å². The van der Waals surface area contributed by atoms with Crippen molar-refractivity contribution in [2.75, 3.05) is 7.05 Å². The van der Waals surface area contributed by atoms with Crippen molar-refractivity contribution in [3.05, 3.63) is 52.3 Å². The van der Waals surface area contributed by atoms with E-state index in [4.69, 9.17) is 0 Å². The zero-order chi connectivity index (χ0) is 17.4. The second-order valence-corrected chi connectivity index (χ2v) is 5.53. The van der Waals surface area contributed by atoms with Crippen molar-refractivity contribution in [3.63, 3.8) is 0 Å². The molecule has 23 heavy (non-hydrogen) atoms. The van der Waals surface area contributed by atoms with Gasteiger partial charge in [0.25, 0.3) is 5.91 Å². The van der Waals surface area contributed by atoms with Crippen LogP contribution < -0.4 is 0 Å². The summed E-state index contributed by atoms with van der Waals surface area (Å²) in [5, 5.41) is 4.20. The quantitative estimate of drug-likeness (QED) is 0.868. The highest BCUT2D eigenvalue weighted by Gasteiger charge is 2.30. The van der Waals surface area contributed by atoms with Crippen LogP contribution in [0.2, 0.25) is 0 Å². The first-order chi connectivity index (χ1) is 10.6. The second kappa shape index (κ2) is 6.06. The molecule has 0 saturated heterocycles. The van der Waals surface area contributed by atoms with Gasteiger partial charge in [0.1, 0.15) is 0 Å². The molecule has 0 radical (unpaired) electrons. The molecule has 0 atom stereocenters. The molecule has 1 aromatic heterocycles. The highest BCUT2D eigenvalue weighted by molar-refractivity contribution is 5.96. The van der Waals surface area contributed by atoms with Crippen LogP contribution in [-0.4, -0.2) is 27.6 Å². The van der Waals surface area contributed by atoms with E-state index < -0.39 is 11.7 Å². The predicted octanol–water partition coefficient (Wildman–Crippen LogP) is 3.33. The summed E-state index contributed by atoms with van der Waals surface area (Å²) in [5.74, 6) is -0.201. The first kappa shape index (κ1) is 17.1. The summed E-state index contributed by atoms with van der Waals surface area (Å²) < 4.78 is 39.3. The fraction of sp³-hybridized carbons (Fsp3) is 0.375. The monoisotopic (exact) mass is 325 g/mol. The maximum Gasteiger partial charge on any atom is 0.416 e. The number of aromatic nitrogens is 2. The minimum Gasteiger partial charge on any atom is -0.337 e. The Bertz CT molecular complexity index is 717. The molecule has 4 nitrogen and oxygen atoms in total. The van der Waals surface area contributed by atoms with E-state index in [9.17, 15) is 18.0 Å². The Hall–Kier alpha value is -2.31. The topological polar surface area (TPSA) is 38.1 Å². The number of alkyl halides is 3. The highest BCUT2D eigenvalue weighted by Crippen LogP contribution is 2.29. The van der Waals surface area contributed by atoms with Crippen molar-refractivity contribution in [2.45, 2.75) is 26.6 Å². The number of benzene rings is 1. The summed E-state index contributed by atoms with van der Waals surface area (Å²) in [6.07, 6.45) is -4.36. The Morgan fingerprint density at radius 2 is 1.78 bits per heavy atom. The number of aryl methyl sites for hydroxylation is 2. The largest absolute Gasteiger partial charge is 0.416 e. The minimum atomic E-state index is -4.36. The van der Waals surface area contributed by atoms with Crippen LogP contribution in [0.3, 0.4) is 0 Å². The normalized spacial score (nSPS) is 11.6. The lowest BCUT2D eigenvalue weighted by molar-refractivity contribution is -0.137. The molecule has 0 bridgehead atoms. The summed E-state index contributed by atoms with van der Waals surface area (Å²) in [7, 11) is 3.38. The van der Waals surface area contributed by atoms with Crippen molar-refractivity contribution in [1.29, 1.82) is 0 Å². The van der Waals surface area contributed by atoms with Crippen molar-refractivity contribution in [3.8, 4) is 0 Å². The predicted molar refractivity (Wildman–Crippen MR) is 79.9 cm³/mol. The summed E-state index contributed by atoms with van der Waals surface area (Å²) in [6, 6.07) is 4.81. The van der Waals surface area contributed by atoms with Crippen molar-refractivity contribution >= 4 is 5.91 Å². The average molecular weight is 325 g/mol. The Morgan fingerprint density at radius 1 is 1.22 bits per heavy atom. The van der Waals surface area contributed by atoms with Gasteiger partial charge in [-0.3, -0.25) is 9.48 Å². The van der Waals surface area contributed by atoms with Gasteiger partial charge in [-0.1, -0.05) is 12.1 Å².